The molecule has 138 heavy (non-hydrogen) atoms. The molecule has 24 N–H and O–H groups in total. The average Bonchev–Trinajstić information content (AvgIpc) is 1.63. The molecule has 1 aromatic heterocycles. The van der Waals surface area contributed by atoms with Crippen LogP contribution in [0.15, 0.2) is 46.8 Å². The van der Waals surface area contributed by atoms with E-state index in [4.69, 9.17) is 45.0 Å². The quantitative estimate of drug-likeness (QED) is 0.0256. The summed E-state index contributed by atoms with van der Waals surface area (Å²) in [7, 11) is 0. The van der Waals surface area contributed by atoms with Crippen molar-refractivity contribution in [2.24, 2.45) is 62.3 Å². The summed E-state index contributed by atoms with van der Waals surface area (Å²) in [6, 6.07) is -9.40. The van der Waals surface area contributed by atoms with Gasteiger partial charge in [0.05, 0.1) is 30.8 Å². The van der Waals surface area contributed by atoms with Crippen LogP contribution in [0.3, 0.4) is 0 Å². The molecule has 5 aliphatic rings. The zero-order chi connectivity index (χ0) is 101. The minimum atomic E-state index is -1.78. The molecule has 2 aliphatic carbocycles. The van der Waals surface area contributed by atoms with Crippen molar-refractivity contribution in [3.8, 4) is 0 Å². The second kappa shape index (κ2) is 59.9. The number of ether oxygens (including phenoxy) is 1. The van der Waals surface area contributed by atoms with Crippen molar-refractivity contribution >= 4 is 124 Å². The number of likely N-dealkylation sites (tertiary alicyclic amines) is 3. The van der Waals surface area contributed by atoms with Crippen LogP contribution >= 0.6 is 23.4 Å². The van der Waals surface area contributed by atoms with Crippen molar-refractivity contribution in [2.45, 2.75) is 344 Å². The number of carbonyl (C=O) groups is 15. The summed E-state index contributed by atoms with van der Waals surface area (Å²) in [5, 5.41) is 52.3. The third-order valence-corrected chi connectivity index (χ3v) is 27.3. The number of aromatic amines is 1. The van der Waals surface area contributed by atoms with E-state index in [1.54, 1.807) is 24.3 Å². The number of nitrogens with zero attached hydrogens (tertiary/aromatic N) is 6. The van der Waals surface area contributed by atoms with Gasteiger partial charge in [-0.2, -0.15) is 11.8 Å². The molecule has 2 saturated carbocycles. The van der Waals surface area contributed by atoms with Gasteiger partial charge in [0.1, 0.15) is 72.5 Å². The van der Waals surface area contributed by atoms with Crippen molar-refractivity contribution in [2.75, 3.05) is 70.5 Å². The number of aliphatic hydroxyl groups is 1. The summed E-state index contributed by atoms with van der Waals surface area (Å²) in [5.74, 6) is -10.6. The highest BCUT2D eigenvalue weighted by molar-refractivity contribution is 7.99. The molecule has 5 fully saturated rings. The lowest BCUT2D eigenvalue weighted by atomic mass is 9.84. The zero-order valence-electron chi connectivity index (χ0n) is 81.7. The van der Waals surface area contributed by atoms with Crippen molar-refractivity contribution in [1.29, 1.82) is 0 Å². The molecule has 3 saturated heterocycles. The highest BCUT2D eigenvalue weighted by atomic mass is 35.5. The van der Waals surface area contributed by atoms with E-state index >= 15 is 14.4 Å². The fourth-order valence-electron chi connectivity index (χ4n) is 18.5. The first-order chi connectivity index (χ1) is 65.9. The Morgan fingerprint density at radius 1 is 0.565 bits per heavy atom. The maximum absolute atomic E-state index is 15.1. The van der Waals surface area contributed by atoms with Crippen molar-refractivity contribution in [3.63, 3.8) is 0 Å². The van der Waals surface area contributed by atoms with E-state index in [1.807, 2.05) is 34.6 Å². The van der Waals surface area contributed by atoms with Gasteiger partial charge in [0.2, 0.25) is 82.7 Å². The number of aliphatic carboxylic acids is 1. The number of rotatable bonds is 61. The number of aliphatic hydroxyl groups excluding tert-OH is 1. The molecule has 2 unspecified atom stereocenters. The molecule has 0 radical (unpaired) electrons. The van der Waals surface area contributed by atoms with Gasteiger partial charge in [0.25, 0.3) is 0 Å². The van der Waals surface area contributed by atoms with Crippen LogP contribution in [0, 0.1) is 23.7 Å². The fraction of sp³-hybridized carbons (Fsp3) is 0.726. The van der Waals surface area contributed by atoms with Crippen LogP contribution in [0.1, 0.15) is 259 Å². The van der Waals surface area contributed by atoms with Crippen molar-refractivity contribution < 1.29 is 86.9 Å². The number of carboxylic acid groups (broad SMARTS) is 1. The number of imidazole rings is 1. The smallest absolute Gasteiger partial charge is 0.326 e. The number of aliphatic imine (C=N–C) groups is 2. The minimum Gasteiger partial charge on any atom is -0.480 e. The lowest BCUT2D eigenvalue weighted by molar-refractivity contribution is -0.145. The first kappa shape index (κ1) is 115. The van der Waals surface area contributed by atoms with Gasteiger partial charge < -0.3 is 122 Å². The highest BCUT2D eigenvalue weighted by Gasteiger charge is 2.50. The van der Waals surface area contributed by atoms with E-state index in [0.717, 1.165) is 51.4 Å². The topological polar surface area (TPSA) is 631 Å². The minimum absolute atomic E-state index is 0.0000230. The van der Waals surface area contributed by atoms with E-state index in [1.165, 1.54) is 39.0 Å². The van der Waals surface area contributed by atoms with Crippen LogP contribution in [0.4, 0.5) is 0 Å². The number of carbonyl (C=O) groups excluding carboxylic acids is 14. The van der Waals surface area contributed by atoms with Gasteiger partial charge in [0.15, 0.2) is 11.9 Å². The normalized spacial score (nSPS) is 19.1. The summed E-state index contributed by atoms with van der Waals surface area (Å²) < 4.78 is 6.06. The maximum atomic E-state index is 15.1. The molecule has 0 bridgehead atoms. The van der Waals surface area contributed by atoms with Crippen LogP contribution in [-0.4, -0.2) is 290 Å². The number of benzene rings is 1. The van der Waals surface area contributed by atoms with Gasteiger partial charge in [-0.3, -0.25) is 77.1 Å². The Kier molecular flexibility index (Phi) is 49.7. The number of carboxylic acids is 1. The van der Waals surface area contributed by atoms with Crippen LogP contribution in [0.25, 0.3) is 0 Å². The van der Waals surface area contributed by atoms with E-state index in [0.29, 0.717) is 106 Å². The number of nitrogens with one attached hydrogen (secondary N) is 12. The lowest BCUT2D eigenvalue weighted by Crippen LogP contribution is -2.61. The SMILES string of the molecule is CCCC[C@H](NC(=O)[C@@H]1CC2CCCCC2N1C(=O)CNC(=O)[C@H](CCCCN)NC(=O)[C@H](Cc1cnc[nH]1)NC(=O)[C@H](CO)NC(=O)[C@H](CC1CCCCC1)NC(=O)[C@H](CCCCN=C(N)N)NC(=O)[C@H]1CCCN1C(=O)[C@H](CCCN=C(N)N)NC(=O)[C@H](CC(C)C)NC(=O)CCSCC(=O)NCCCC(C)(C)OCCC(C)C)C(=O)N1CCC[C@H]1C(=O)N[C@@H](Cc1ccc(Cl)cc1)C(=O)O. The Morgan fingerprint density at radius 2 is 1.11 bits per heavy atom. The molecule has 43 heteroatoms. The fourth-order valence-corrected chi connectivity index (χ4v) is 19.4. The summed E-state index contributed by atoms with van der Waals surface area (Å²) in [6.07, 6.45) is 16.1. The number of nitrogens with two attached hydrogens (primary N) is 5. The third-order valence-electron chi connectivity index (χ3n) is 26.1. The first-order valence-electron chi connectivity index (χ1n) is 49.7. The van der Waals surface area contributed by atoms with E-state index in [9.17, 15) is 67.7 Å². The van der Waals surface area contributed by atoms with Crippen LogP contribution < -0.4 is 87.2 Å². The molecule has 7 rings (SSSR count). The second-order valence-corrected chi connectivity index (χ2v) is 40.1. The van der Waals surface area contributed by atoms with Crippen LogP contribution in [-0.2, 0) is 89.5 Å². The highest BCUT2D eigenvalue weighted by Crippen LogP contribution is 2.40. The summed E-state index contributed by atoms with van der Waals surface area (Å²) >= 11 is 7.34. The molecule has 14 atom stereocenters. The molecule has 3 aliphatic heterocycles. The number of hydrogen-bond acceptors (Lipinski definition) is 22. The number of hydrogen-bond donors (Lipinski definition) is 19. The van der Waals surface area contributed by atoms with Gasteiger partial charge in [-0.15, -0.1) is 0 Å². The van der Waals surface area contributed by atoms with E-state index in [-0.39, 0.29) is 175 Å². The molecule has 0 spiro atoms. The number of amides is 14. The molecule has 41 nitrogen and oxygen atoms in total. The molecule has 1 aromatic carbocycles. The maximum Gasteiger partial charge on any atom is 0.326 e. The molecule has 2 aromatic rings. The average molecular weight is 1980 g/mol. The lowest BCUT2D eigenvalue weighted by Gasteiger charge is -2.34. The van der Waals surface area contributed by atoms with Gasteiger partial charge in [-0.05, 0) is 197 Å². The van der Waals surface area contributed by atoms with Gasteiger partial charge in [-0.25, -0.2) is 9.78 Å². The van der Waals surface area contributed by atoms with E-state index in [2.05, 4.69) is 92.3 Å². The summed E-state index contributed by atoms with van der Waals surface area (Å²) in [6.45, 7) is 14.2. The second-order valence-electron chi connectivity index (χ2n) is 38.6. The first-order valence-corrected chi connectivity index (χ1v) is 51.2. The summed E-state index contributed by atoms with van der Waals surface area (Å²) in [5.41, 5.74) is 29.2. The van der Waals surface area contributed by atoms with Gasteiger partial charge in [-0.1, -0.05) is 116 Å². The largest absolute Gasteiger partial charge is 0.480 e. The van der Waals surface area contributed by atoms with E-state index < -0.39 is 174 Å². The van der Waals surface area contributed by atoms with Gasteiger partial charge >= 0.3 is 5.97 Å². The number of guanidine groups is 2. The third kappa shape index (κ3) is 39.3. The number of unbranched alkanes of at least 4 members (excludes halogenated alkanes) is 3. The standard InChI is InChI=1S/C95H156ClN23O18S/c1-8-9-26-67(90(133)118-45-21-32-76(118)88(131)115-72(92(135)136)50-61-33-35-63(96)36-34-61)112-89(132)77-51-62-25-13-14-30-74(62)119(77)80(123)54-106-81(124)65(27-15-17-40-97)109-85(128)71(52-64-53-102-57-107-64)114-86(129)73(55-120)116-84(127)70(49-60-23-11-10-12-24-60)113-82(125)66(28-16-18-41-104-93(98)99)110-87(130)75-31-20-44-117(75)91(134)68(29-19-42-105-94(100)101)111-83(126)69(48-59(4)5)108-78(121)38-47-138-56-79(122)103-43-22-39-95(6,7)137-46-37-58(2)3/h33-36,53,57-60,62,65-77,120H,8-32,37-52,54-56,97H2,1-7H3,(H,102,107)(H,103,122)(H,106,124)(H,108,121)(H,109,128)(H,110,130)(H,111,126)(H,112,132)(H,113,125)(H,114,129)(H,115,131)(H,116,127)(H,135,136)(H4,98,99,104)(H4,100,101,105)/t62?,65-,66-,67-,68-,69-,70-,71-,72-,73-,74?,75+,76-,77-/m0/s1. The summed E-state index contributed by atoms with van der Waals surface area (Å²) in [4.78, 5) is 236. The number of thioether (sulfide) groups is 1. The Hall–Kier alpha value is -10.5. The molecule has 772 valence electrons. The van der Waals surface area contributed by atoms with Crippen molar-refractivity contribution in [1.82, 2.24) is 83.2 Å². The molecule has 4 heterocycles. The monoisotopic (exact) mass is 1970 g/mol. The molecular formula is C95H156ClN23O18S. The Morgan fingerprint density at radius 3 is 1.72 bits per heavy atom. The Balaban J connectivity index is 1.03. The number of aromatic nitrogens is 2. The Labute approximate surface area is 820 Å². The van der Waals surface area contributed by atoms with Crippen molar-refractivity contribution in [3.05, 3.63) is 53.1 Å². The van der Waals surface area contributed by atoms with Crippen LogP contribution in [0.5, 0.6) is 0 Å². The number of H-pyrrole nitrogens is 1. The molecule has 14 amide bonds. The zero-order valence-corrected chi connectivity index (χ0v) is 83.2. The molecular weight excluding hydrogens is 1820 g/mol. The predicted octanol–water partition coefficient (Wildman–Crippen LogP) is 2.24. The number of fused-ring (bicyclic) bond motifs is 1. The van der Waals surface area contributed by atoms with Gasteiger partial charge in [0, 0.05) is 87.3 Å². The predicted molar refractivity (Wildman–Crippen MR) is 524 cm³/mol. The Bertz CT molecular complexity index is 4330. The number of halogens is 1. The van der Waals surface area contributed by atoms with Crippen LogP contribution in [0.2, 0.25) is 5.02 Å².